The predicted octanol–water partition coefficient (Wildman–Crippen LogP) is 4.08. The average molecular weight is 305 g/mol. The van der Waals surface area contributed by atoms with Crippen LogP contribution in [0.2, 0.25) is 5.02 Å². The number of aromatic nitrogens is 1. The lowest BCUT2D eigenvalue weighted by Gasteiger charge is -2.10. The molecule has 110 valence electrons. The summed E-state index contributed by atoms with van der Waals surface area (Å²) in [5.41, 5.74) is 1.23. The first kappa shape index (κ1) is 15.3. The highest BCUT2D eigenvalue weighted by atomic mass is 35.5. The van der Waals surface area contributed by atoms with Gasteiger partial charge in [-0.2, -0.15) is 0 Å². The predicted molar refractivity (Wildman–Crippen MR) is 84.1 cm³/mol. The minimum Gasteiger partial charge on any atom is -0.420 e. The van der Waals surface area contributed by atoms with Crippen molar-refractivity contribution in [3.8, 4) is 5.75 Å². The highest BCUT2D eigenvalue weighted by Crippen LogP contribution is 2.25. The molecule has 1 N–H and O–H groups in total. The van der Waals surface area contributed by atoms with E-state index in [1.54, 1.807) is 30.3 Å². The van der Waals surface area contributed by atoms with Crippen LogP contribution in [0.3, 0.4) is 0 Å². The summed E-state index contributed by atoms with van der Waals surface area (Å²) in [6.45, 7) is 5.91. The Morgan fingerprint density at radius 3 is 2.71 bits per heavy atom. The van der Waals surface area contributed by atoms with Gasteiger partial charge in [0, 0.05) is 6.04 Å². The molecule has 0 saturated heterocycles. The number of halogens is 1. The monoisotopic (exact) mass is 304 g/mol. The summed E-state index contributed by atoms with van der Waals surface area (Å²) < 4.78 is 5.29. The van der Waals surface area contributed by atoms with Gasteiger partial charge in [0.2, 0.25) is 0 Å². The van der Waals surface area contributed by atoms with Crippen LogP contribution in [0.5, 0.6) is 5.75 Å². The third-order valence-corrected chi connectivity index (χ3v) is 2.98. The summed E-state index contributed by atoms with van der Waals surface area (Å²) in [6, 6.07) is 10.6. The van der Waals surface area contributed by atoms with Gasteiger partial charge in [-0.15, -0.1) is 0 Å². The number of anilines is 1. The maximum absolute atomic E-state index is 12.1. The number of pyridine rings is 1. The van der Waals surface area contributed by atoms with Gasteiger partial charge < -0.3 is 10.1 Å². The van der Waals surface area contributed by atoms with Gasteiger partial charge in [-0.1, -0.05) is 23.7 Å². The fourth-order valence-corrected chi connectivity index (χ4v) is 2.04. The number of aryl methyl sites for hydroxylation is 1. The van der Waals surface area contributed by atoms with Crippen LogP contribution in [0.25, 0.3) is 0 Å². The fourth-order valence-electron chi connectivity index (χ4n) is 1.77. The zero-order valence-corrected chi connectivity index (χ0v) is 12.9. The second kappa shape index (κ2) is 6.59. The Morgan fingerprint density at radius 2 is 2.05 bits per heavy atom. The quantitative estimate of drug-likeness (QED) is 0.683. The number of ether oxygens (including phenoxy) is 1. The molecule has 0 amide bonds. The van der Waals surface area contributed by atoms with E-state index in [9.17, 15) is 4.79 Å². The Balaban J connectivity index is 2.16. The first-order valence-corrected chi connectivity index (χ1v) is 7.05. The van der Waals surface area contributed by atoms with Crippen LogP contribution in [-0.2, 0) is 0 Å². The van der Waals surface area contributed by atoms with Gasteiger partial charge in [-0.3, -0.25) is 0 Å². The van der Waals surface area contributed by atoms with Crippen LogP contribution in [0.4, 0.5) is 5.82 Å². The van der Waals surface area contributed by atoms with Crippen molar-refractivity contribution in [1.29, 1.82) is 0 Å². The number of hydrogen-bond donors (Lipinski definition) is 1. The van der Waals surface area contributed by atoms with Crippen molar-refractivity contribution in [1.82, 2.24) is 4.98 Å². The Hall–Kier alpha value is -2.07. The molecule has 0 aliphatic rings. The van der Waals surface area contributed by atoms with Crippen molar-refractivity contribution < 1.29 is 9.53 Å². The Bertz CT molecular complexity index is 656. The minimum absolute atomic E-state index is 0.232. The van der Waals surface area contributed by atoms with Crippen molar-refractivity contribution in [2.45, 2.75) is 26.8 Å². The molecule has 2 rings (SSSR count). The maximum Gasteiger partial charge on any atom is 0.362 e. The lowest BCUT2D eigenvalue weighted by molar-refractivity contribution is 0.0729. The zero-order valence-electron chi connectivity index (χ0n) is 12.2. The van der Waals surface area contributed by atoms with Crippen molar-refractivity contribution in [2.75, 3.05) is 5.32 Å². The summed E-state index contributed by atoms with van der Waals surface area (Å²) >= 11 is 6.05. The summed E-state index contributed by atoms with van der Waals surface area (Å²) in [5, 5.41) is 3.54. The molecule has 21 heavy (non-hydrogen) atoms. The number of carbonyl (C=O) groups is 1. The van der Waals surface area contributed by atoms with Gasteiger partial charge in [0.1, 0.15) is 11.6 Å². The van der Waals surface area contributed by atoms with E-state index in [-0.39, 0.29) is 11.7 Å². The number of carbonyl (C=O) groups excluding carboxylic acids is 1. The van der Waals surface area contributed by atoms with Gasteiger partial charge in [0.25, 0.3) is 0 Å². The second-order valence-corrected chi connectivity index (χ2v) is 5.44. The molecule has 0 aliphatic carbocycles. The summed E-state index contributed by atoms with van der Waals surface area (Å²) in [5.74, 6) is 0.430. The standard InChI is InChI=1S/C16H17ClN2O2/c1-10(2)18-15-6-4-5-13(19-15)16(20)21-14-8-7-11(3)9-12(14)17/h4-10H,1-3H3,(H,18,19). The fraction of sp³-hybridized carbons (Fsp3) is 0.250. The lowest BCUT2D eigenvalue weighted by atomic mass is 10.2. The molecular weight excluding hydrogens is 288 g/mol. The topological polar surface area (TPSA) is 51.2 Å². The molecule has 0 bridgehead atoms. The third-order valence-electron chi connectivity index (χ3n) is 2.68. The number of esters is 1. The molecule has 1 aromatic heterocycles. The second-order valence-electron chi connectivity index (χ2n) is 5.03. The van der Waals surface area contributed by atoms with Crippen molar-refractivity contribution in [3.63, 3.8) is 0 Å². The first-order valence-electron chi connectivity index (χ1n) is 6.67. The van der Waals surface area contributed by atoms with Gasteiger partial charge in [0.05, 0.1) is 5.02 Å². The van der Waals surface area contributed by atoms with Crippen molar-refractivity contribution in [3.05, 3.63) is 52.7 Å². The minimum atomic E-state index is -0.534. The third kappa shape index (κ3) is 4.20. The lowest BCUT2D eigenvalue weighted by Crippen LogP contribution is -2.15. The van der Waals surface area contributed by atoms with Crippen LogP contribution in [-0.4, -0.2) is 17.0 Å². The van der Waals surface area contributed by atoms with E-state index in [1.165, 1.54) is 0 Å². The van der Waals surface area contributed by atoms with E-state index in [0.29, 0.717) is 16.6 Å². The van der Waals surface area contributed by atoms with E-state index < -0.39 is 5.97 Å². The number of rotatable bonds is 4. The van der Waals surface area contributed by atoms with E-state index in [4.69, 9.17) is 16.3 Å². The summed E-state index contributed by atoms with van der Waals surface area (Å²) in [7, 11) is 0. The molecule has 0 unspecified atom stereocenters. The first-order chi connectivity index (χ1) is 9.95. The molecule has 2 aromatic rings. The summed E-state index contributed by atoms with van der Waals surface area (Å²) in [6.07, 6.45) is 0. The van der Waals surface area contributed by atoms with Crippen LogP contribution in [0.15, 0.2) is 36.4 Å². The maximum atomic E-state index is 12.1. The highest BCUT2D eigenvalue weighted by molar-refractivity contribution is 6.32. The molecule has 0 saturated carbocycles. The number of nitrogens with one attached hydrogen (secondary N) is 1. The Kier molecular flexibility index (Phi) is 4.81. The number of benzene rings is 1. The van der Waals surface area contributed by atoms with Crippen molar-refractivity contribution in [2.24, 2.45) is 0 Å². The largest absolute Gasteiger partial charge is 0.420 e. The molecule has 0 fully saturated rings. The molecule has 5 heteroatoms. The highest BCUT2D eigenvalue weighted by Gasteiger charge is 2.13. The normalized spacial score (nSPS) is 10.5. The molecule has 1 aromatic carbocycles. The van der Waals surface area contributed by atoms with Crippen LogP contribution in [0, 0.1) is 6.92 Å². The van der Waals surface area contributed by atoms with E-state index in [0.717, 1.165) is 5.56 Å². The Morgan fingerprint density at radius 1 is 1.29 bits per heavy atom. The number of nitrogens with zero attached hydrogens (tertiary/aromatic N) is 1. The van der Waals surface area contributed by atoms with Crippen molar-refractivity contribution >= 4 is 23.4 Å². The molecular formula is C16H17ClN2O2. The molecule has 0 spiro atoms. The zero-order chi connectivity index (χ0) is 15.4. The molecule has 1 heterocycles. The smallest absolute Gasteiger partial charge is 0.362 e. The van der Waals surface area contributed by atoms with Gasteiger partial charge in [-0.05, 0) is 50.6 Å². The Labute approximate surface area is 129 Å². The molecule has 4 nitrogen and oxygen atoms in total. The SMILES string of the molecule is Cc1ccc(OC(=O)c2cccc(NC(C)C)n2)c(Cl)c1. The van der Waals surface area contributed by atoms with Crippen LogP contribution in [0.1, 0.15) is 29.9 Å². The van der Waals surface area contributed by atoms with E-state index >= 15 is 0 Å². The van der Waals surface area contributed by atoms with Gasteiger partial charge in [-0.25, -0.2) is 9.78 Å². The van der Waals surface area contributed by atoms with Gasteiger partial charge >= 0.3 is 5.97 Å². The van der Waals surface area contributed by atoms with E-state index in [2.05, 4.69) is 10.3 Å². The molecule has 0 atom stereocenters. The van der Waals surface area contributed by atoms with Crippen LogP contribution < -0.4 is 10.1 Å². The van der Waals surface area contributed by atoms with E-state index in [1.807, 2.05) is 26.8 Å². The molecule has 0 aliphatic heterocycles. The average Bonchev–Trinajstić information content (AvgIpc) is 2.41. The summed E-state index contributed by atoms with van der Waals surface area (Å²) in [4.78, 5) is 16.3. The molecule has 0 radical (unpaired) electrons. The number of hydrogen-bond acceptors (Lipinski definition) is 4. The van der Waals surface area contributed by atoms with Crippen LogP contribution >= 0.6 is 11.6 Å². The van der Waals surface area contributed by atoms with Gasteiger partial charge in [0.15, 0.2) is 5.69 Å².